The minimum absolute atomic E-state index is 0.645. The average molecular weight is 227 g/mol. The fourth-order valence-electron chi connectivity index (χ4n) is 1.11. The van der Waals surface area contributed by atoms with Crippen LogP contribution in [0.5, 0.6) is 0 Å². The first-order valence-corrected chi connectivity index (χ1v) is 4.36. The summed E-state index contributed by atoms with van der Waals surface area (Å²) in [6.45, 7) is 3.73. The van der Waals surface area contributed by atoms with Gasteiger partial charge in [0.2, 0.25) is 5.71 Å². The number of halogens is 1. The molecule has 0 radical (unpaired) electrons. The van der Waals surface area contributed by atoms with Gasteiger partial charge in [-0.2, -0.15) is 4.98 Å². The maximum Gasteiger partial charge on any atom is 0.230 e. The fraction of sp³-hybridized carbons (Fsp3) is 0.250. The van der Waals surface area contributed by atoms with Crippen molar-refractivity contribution in [3.63, 3.8) is 0 Å². The van der Waals surface area contributed by atoms with Gasteiger partial charge in [-0.15, -0.1) is 0 Å². The summed E-state index contributed by atoms with van der Waals surface area (Å²) in [5, 5.41) is 0.929. The summed E-state index contributed by atoms with van der Waals surface area (Å²) in [4.78, 5) is 8.31. The minimum Gasteiger partial charge on any atom is -0.443 e. The molecule has 0 saturated heterocycles. The van der Waals surface area contributed by atoms with Gasteiger partial charge in [-0.25, -0.2) is 4.98 Å². The number of aryl methyl sites for hydroxylation is 2. The van der Waals surface area contributed by atoms with Crippen LogP contribution in [0.3, 0.4) is 0 Å². The van der Waals surface area contributed by atoms with Crippen LogP contribution in [0.15, 0.2) is 15.1 Å². The van der Waals surface area contributed by atoms with Crippen molar-refractivity contribution in [1.82, 2.24) is 9.97 Å². The van der Waals surface area contributed by atoms with Gasteiger partial charge in [0.1, 0.15) is 16.2 Å². The number of aromatic nitrogens is 2. The van der Waals surface area contributed by atoms with E-state index in [9.17, 15) is 0 Å². The lowest BCUT2D eigenvalue weighted by Crippen LogP contribution is -1.86. The Balaban J connectivity index is 2.88. The molecule has 0 aliphatic rings. The molecule has 4 heteroatoms. The van der Waals surface area contributed by atoms with Crippen LogP contribution in [0, 0.1) is 13.8 Å². The van der Waals surface area contributed by atoms with Crippen LogP contribution in [-0.2, 0) is 0 Å². The highest BCUT2D eigenvalue weighted by Gasteiger charge is 2.06. The predicted molar refractivity (Wildman–Crippen MR) is 49.0 cm³/mol. The molecule has 0 spiro atoms. The molecule has 0 atom stereocenters. The van der Waals surface area contributed by atoms with Crippen molar-refractivity contribution >= 4 is 27.0 Å². The number of furan rings is 1. The Morgan fingerprint density at radius 3 is 2.83 bits per heavy atom. The minimum atomic E-state index is 0.645. The summed E-state index contributed by atoms with van der Waals surface area (Å²) >= 11 is 3.35. The second-order valence-corrected chi connectivity index (χ2v) is 3.39. The summed E-state index contributed by atoms with van der Waals surface area (Å²) in [6.07, 6.45) is 0. The van der Waals surface area contributed by atoms with Gasteiger partial charge < -0.3 is 4.42 Å². The molecule has 62 valence electrons. The third-order valence-corrected chi connectivity index (χ3v) is 2.19. The predicted octanol–water partition coefficient (Wildman–Crippen LogP) is 2.60. The molecule has 0 unspecified atom stereocenters. The first-order chi connectivity index (χ1) is 5.66. The van der Waals surface area contributed by atoms with Crippen LogP contribution in [-0.4, -0.2) is 9.97 Å². The number of rotatable bonds is 0. The molecule has 0 aliphatic carbocycles. The fourth-order valence-corrected chi connectivity index (χ4v) is 1.65. The summed E-state index contributed by atoms with van der Waals surface area (Å²) in [6, 6.07) is 1.92. The largest absolute Gasteiger partial charge is 0.443 e. The summed E-state index contributed by atoms with van der Waals surface area (Å²) in [7, 11) is 0. The smallest absolute Gasteiger partial charge is 0.230 e. The molecule has 0 aromatic carbocycles. The van der Waals surface area contributed by atoms with Crippen molar-refractivity contribution < 1.29 is 4.42 Å². The van der Waals surface area contributed by atoms with Crippen LogP contribution in [0.2, 0.25) is 0 Å². The number of nitrogens with zero attached hydrogens (tertiary/aromatic N) is 2. The van der Waals surface area contributed by atoms with E-state index in [0.717, 1.165) is 15.7 Å². The molecule has 0 N–H and O–H groups in total. The van der Waals surface area contributed by atoms with E-state index in [-0.39, 0.29) is 0 Å². The standard InChI is InChI=1S/C8H7BrN2O/c1-4-3-6-7(9)10-5(2)11-8(6)12-4/h3H,1-2H3. The van der Waals surface area contributed by atoms with Gasteiger partial charge in [0.25, 0.3) is 0 Å². The van der Waals surface area contributed by atoms with E-state index in [1.165, 1.54) is 0 Å². The summed E-state index contributed by atoms with van der Waals surface area (Å²) in [5.74, 6) is 1.56. The highest BCUT2D eigenvalue weighted by atomic mass is 79.9. The first-order valence-electron chi connectivity index (χ1n) is 3.57. The third-order valence-electron chi connectivity index (χ3n) is 1.58. The molecule has 0 aliphatic heterocycles. The zero-order valence-corrected chi connectivity index (χ0v) is 8.34. The molecule has 0 fully saturated rings. The van der Waals surface area contributed by atoms with Gasteiger partial charge >= 0.3 is 0 Å². The van der Waals surface area contributed by atoms with Gasteiger partial charge in [0.15, 0.2) is 0 Å². The Kier molecular flexibility index (Phi) is 1.65. The van der Waals surface area contributed by atoms with E-state index in [1.807, 2.05) is 19.9 Å². The molecule has 2 aromatic rings. The zero-order chi connectivity index (χ0) is 8.72. The average Bonchev–Trinajstić information content (AvgIpc) is 2.29. The van der Waals surface area contributed by atoms with Crippen molar-refractivity contribution in [2.24, 2.45) is 0 Å². The van der Waals surface area contributed by atoms with Crippen molar-refractivity contribution in [2.45, 2.75) is 13.8 Å². The SMILES string of the molecule is Cc1nc(Br)c2cc(C)oc2n1. The van der Waals surface area contributed by atoms with Crippen molar-refractivity contribution in [1.29, 1.82) is 0 Å². The van der Waals surface area contributed by atoms with Crippen LogP contribution < -0.4 is 0 Å². The van der Waals surface area contributed by atoms with E-state index in [1.54, 1.807) is 0 Å². The molecule has 2 heterocycles. The Morgan fingerprint density at radius 2 is 2.08 bits per heavy atom. The maximum absolute atomic E-state index is 5.35. The maximum atomic E-state index is 5.35. The van der Waals surface area contributed by atoms with Crippen molar-refractivity contribution in [2.75, 3.05) is 0 Å². The van der Waals surface area contributed by atoms with Crippen molar-refractivity contribution in [3.8, 4) is 0 Å². The number of fused-ring (bicyclic) bond motifs is 1. The Bertz CT molecular complexity index is 436. The van der Waals surface area contributed by atoms with Gasteiger partial charge in [-0.1, -0.05) is 0 Å². The lowest BCUT2D eigenvalue weighted by atomic mass is 10.4. The van der Waals surface area contributed by atoms with Crippen LogP contribution in [0.25, 0.3) is 11.1 Å². The lowest BCUT2D eigenvalue weighted by Gasteiger charge is -1.92. The van der Waals surface area contributed by atoms with E-state index in [4.69, 9.17) is 4.42 Å². The van der Waals surface area contributed by atoms with Gasteiger partial charge in [0, 0.05) is 0 Å². The normalized spacial score (nSPS) is 10.9. The quantitative estimate of drug-likeness (QED) is 0.649. The first kappa shape index (κ1) is 7.73. The highest BCUT2D eigenvalue weighted by Crippen LogP contribution is 2.23. The zero-order valence-electron chi connectivity index (χ0n) is 6.76. The van der Waals surface area contributed by atoms with E-state index < -0.39 is 0 Å². The molecule has 0 bridgehead atoms. The molecule has 2 rings (SSSR count). The third kappa shape index (κ3) is 1.12. The molecular formula is C8H7BrN2O. The Morgan fingerprint density at radius 1 is 1.33 bits per heavy atom. The molecule has 0 saturated carbocycles. The molecule has 12 heavy (non-hydrogen) atoms. The van der Waals surface area contributed by atoms with E-state index in [2.05, 4.69) is 25.9 Å². The van der Waals surface area contributed by atoms with Crippen LogP contribution in [0.4, 0.5) is 0 Å². The monoisotopic (exact) mass is 226 g/mol. The molecule has 3 nitrogen and oxygen atoms in total. The van der Waals surface area contributed by atoms with Crippen molar-refractivity contribution in [3.05, 3.63) is 22.3 Å². The van der Waals surface area contributed by atoms with Gasteiger partial charge in [-0.05, 0) is 35.8 Å². The second kappa shape index (κ2) is 2.55. The van der Waals surface area contributed by atoms with Gasteiger partial charge in [-0.3, -0.25) is 0 Å². The number of hydrogen-bond acceptors (Lipinski definition) is 3. The molecule has 0 amide bonds. The Hall–Kier alpha value is -0.900. The van der Waals surface area contributed by atoms with E-state index >= 15 is 0 Å². The summed E-state index contributed by atoms with van der Waals surface area (Å²) < 4.78 is 6.14. The molecular weight excluding hydrogens is 220 g/mol. The Labute approximate surface area is 77.9 Å². The topological polar surface area (TPSA) is 38.9 Å². The lowest BCUT2D eigenvalue weighted by molar-refractivity contribution is 0.565. The summed E-state index contributed by atoms with van der Waals surface area (Å²) in [5.41, 5.74) is 0.645. The highest BCUT2D eigenvalue weighted by molar-refractivity contribution is 9.10. The van der Waals surface area contributed by atoms with Crippen LogP contribution in [0.1, 0.15) is 11.6 Å². The van der Waals surface area contributed by atoms with E-state index in [0.29, 0.717) is 11.5 Å². The number of hydrogen-bond donors (Lipinski definition) is 0. The van der Waals surface area contributed by atoms with Crippen LogP contribution >= 0.6 is 15.9 Å². The second-order valence-electron chi connectivity index (χ2n) is 2.64. The molecule has 2 aromatic heterocycles. The van der Waals surface area contributed by atoms with Gasteiger partial charge in [0.05, 0.1) is 5.39 Å².